The molecule has 1 aromatic heterocycles. The summed E-state index contributed by atoms with van der Waals surface area (Å²) in [6.45, 7) is 0.475. The number of nitro benzene ring substituents is 1. The predicted octanol–water partition coefficient (Wildman–Crippen LogP) is 3.58. The number of amides is 2. The Morgan fingerprint density at radius 2 is 1.45 bits per heavy atom. The van der Waals surface area contributed by atoms with Gasteiger partial charge in [0.25, 0.3) is 17.5 Å². The zero-order valence-corrected chi connectivity index (χ0v) is 17.3. The molecule has 164 valence electrons. The molecule has 9 heteroatoms. The van der Waals surface area contributed by atoms with Crippen molar-refractivity contribution < 1.29 is 14.5 Å². The van der Waals surface area contributed by atoms with Crippen molar-refractivity contribution in [1.29, 1.82) is 0 Å². The van der Waals surface area contributed by atoms with Crippen LogP contribution < -0.4 is 10.9 Å². The number of carbonyl (C=O) groups is 2. The van der Waals surface area contributed by atoms with Gasteiger partial charge in [-0.3, -0.25) is 35.2 Å². The minimum Gasteiger partial charge on any atom is -0.267 e. The van der Waals surface area contributed by atoms with Gasteiger partial charge in [0.1, 0.15) is 5.69 Å². The summed E-state index contributed by atoms with van der Waals surface area (Å²) in [4.78, 5) is 35.5. The van der Waals surface area contributed by atoms with Crippen LogP contribution in [0.5, 0.6) is 0 Å². The van der Waals surface area contributed by atoms with E-state index in [1.54, 1.807) is 10.9 Å². The van der Waals surface area contributed by atoms with E-state index in [9.17, 15) is 19.7 Å². The van der Waals surface area contributed by atoms with Gasteiger partial charge < -0.3 is 0 Å². The highest BCUT2D eigenvalue weighted by Crippen LogP contribution is 2.22. The molecule has 0 bridgehead atoms. The number of hydrazine groups is 1. The van der Waals surface area contributed by atoms with E-state index in [1.165, 1.54) is 24.3 Å². The summed E-state index contributed by atoms with van der Waals surface area (Å²) in [5, 5.41) is 15.3. The second-order valence-electron chi connectivity index (χ2n) is 7.15. The Kier molecular flexibility index (Phi) is 6.21. The first-order chi connectivity index (χ1) is 16.0. The molecular formula is C24H19N5O4. The predicted molar refractivity (Wildman–Crippen MR) is 121 cm³/mol. The Hall–Kier alpha value is -4.79. The summed E-state index contributed by atoms with van der Waals surface area (Å²) >= 11 is 0. The van der Waals surface area contributed by atoms with E-state index < -0.39 is 16.7 Å². The van der Waals surface area contributed by atoms with Gasteiger partial charge in [0.05, 0.1) is 17.0 Å². The second-order valence-corrected chi connectivity index (χ2v) is 7.15. The van der Waals surface area contributed by atoms with Crippen molar-refractivity contribution in [3.05, 3.63) is 118 Å². The number of nitrogens with one attached hydrogen (secondary N) is 2. The number of hydrogen-bond donors (Lipinski definition) is 2. The van der Waals surface area contributed by atoms with Gasteiger partial charge in [-0.25, -0.2) is 0 Å². The molecule has 0 atom stereocenters. The molecule has 1 heterocycles. The fraction of sp³-hybridized carbons (Fsp3) is 0.0417. The van der Waals surface area contributed by atoms with Gasteiger partial charge in [-0.2, -0.15) is 5.10 Å². The van der Waals surface area contributed by atoms with Crippen molar-refractivity contribution in [2.75, 3.05) is 0 Å². The normalized spacial score (nSPS) is 10.4. The van der Waals surface area contributed by atoms with Crippen molar-refractivity contribution in [2.45, 2.75) is 6.54 Å². The van der Waals surface area contributed by atoms with E-state index in [0.29, 0.717) is 17.8 Å². The molecule has 3 aromatic carbocycles. The average molecular weight is 441 g/mol. The number of non-ortho nitro benzene ring substituents is 1. The maximum atomic E-state index is 12.9. The van der Waals surface area contributed by atoms with Gasteiger partial charge >= 0.3 is 0 Å². The quantitative estimate of drug-likeness (QED) is 0.350. The molecule has 0 saturated heterocycles. The van der Waals surface area contributed by atoms with Crippen molar-refractivity contribution in [3.8, 4) is 11.3 Å². The average Bonchev–Trinajstić information content (AvgIpc) is 3.27. The highest BCUT2D eigenvalue weighted by Gasteiger charge is 2.19. The maximum absolute atomic E-state index is 12.9. The van der Waals surface area contributed by atoms with Crippen LogP contribution in [0, 0.1) is 10.1 Å². The van der Waals surface area contributed by atoms with Crippen LogP contribution in [0.4, 0.5) is 5.69 Å². The van der Waals surface area contributed by atoms with E-state index in [0.717, 1.165) is 11.1 Å². The molecule has 0 radical (unpaired) electrons. The van der Waals surface area contributed by atoms with Crippen LogP contribution in [0.15, 0.2) is 91.1 Å². The van der Waals surface area contributed by atoms with E-state index in [-0.39, 0.29) is 11.3 Å². The van der Waals surface area contributed by atoms with Crippen LogP contribution in [0.25, 0.3) is 11.3 Å². The first kappa shape index (κ1) is 21.4. The first-order valence-electron chi connectivity index (χ1n) is 10.0. The number of nitro groups is 1. The minimum absolute atomic E-state index is 0.131. The summed E-state index contributed by atoms with van der Waals surface area (Å²) in [6, 6.07) is 24.0. The van der Waals surface area contributed by atoms with E-state index in [4.69, 9.17) is 0 Å². The third kappa shape index (κ3) is 5.10. The molecule has 0 aliphatic carbocycles. The van der Waals surface area contributed by atoms with Gasteiger partial charge in [-0.05, 0) is 17.7 Å². The Balaban J connectivity index is 1.53. The molecule has 0 unspecified atom stereocenters. The zero-order chi connectivity index (χ0) is 23.2. The largest absolute Gasteiger partial charge is 0.273 e. The molecule has 0 saturated carbocycles. The second kappa shape index (κ2) is 9.56. The summed E-state index contributed by atoms with van der Waals surface area (Å²) < 4.78 is 1.67. The Bertz CT molecular complexity index is 1290. The molecule has 0 spiro atoms. The first-order valence-corrected chi connectivity index (χ1v) is 10.0. The third-order valence-electron chi connectivity index (χ3n) is 4.87. The smallest absolute Gasteiger partial charge is 0.267 e. The van der Waals surface area contributed by atoms with Crippen LogP contribution in [0.3, 0.4) is 0 Å². The Morgan fingerprint density at radius 3 is 2.09 bits per heavy atom. The number of hydrogen-bond acceptors (Lipinski definition) is 5. The van der Waals surface area contributed by atoms with Gasteiger partial charge in [0, 0.05) is 29.5 Å². The van der Waals surface area contributed by atoms with Crippen molar-refractivity contribution in [2.24, 2.45) is 0 Å². The zero-order valence-electron chi connectivity index (χ0n) is 17.3. The molecule has 4 aromatic rings. The Morgan fingerprint density at radius 1 is 0.848 bits per heavy atom. The highest BCUT2D eigenvalue weighted by molar-refractivity contribution is 6.02. The maximum Gasteiger partial charge on any atom is 0.273 e. The lowest BCUT2D eigenvalue weighted by Crippen LogP contribution is -2.41. The van der Waals surface area contributed by atoms with Gasteiger partial charge in [0.15, 0.2) is 0 Å². The summed E-state index contributed by atoms with van der Waals surface area (Å²) in [5.74, 6) is -1.14. The molecule has 9 nitrogen and oxygen atoms in total. The topological polar surface area (TPSA) is 119 Å². The minimum atomic E-state index is -0.601. The summed E-state index contributed by atoms with van der Waals surface area (Å²) in [5.41, 5.74) is 7.33. The SMILES string of the molecule is O=C(NNC(=O)c1cn(Cc2ccccc2)nc1-c1ccccc1)c1ccc([N+](=O)[O-])cc1. The number of rotatable bonds is 6. The highest BCUT2D eigenvalue weighted by atomic mass is 16.6. The molecule has 2 amide bonds. The molecule has 0 fully saturated rings. The van der Waals surface area contributed by atoms with Gasteiger partial charge in [-0.1, -0.05) is 60.7 Å². The molecule has 0 aliphatic heterocycles. The monoisotopic (exact) mass is 441 g/mol. The molecule has 33 heavy (non-hydrogen) atoms. The van der Waals surface area contributed by atoms with E-state index in [2.05, 4.69) is 16.0 Å². The van der Waals surface area contributed by atoms with Gasteiger partial charge in [-0.15, -0.1) is 0 Å². The Labute approximate surface area is 188 Å². The molecule has 2 N–H and O–H groups in total. The van der Waals surface area contributed by atoms with Crippen molar-refractivity contribution >= 4 is 17.5 Å². The lowest BCUT2D eigenvalue weighted by atomic mass is 10.1. The van der Waals surface area contributed by atoms with Gasteiger partial charge in [0.2, 0.25) is 0 Å². The summed E-state index contributed by atoms with van der Waals surface area (Å²) in [7, 11) is 0. The van der Waals surface area contributed by atoms with E-state index >= 15 is 0 Å². The van der Waals surface area contributed by atoms with Crippen molar-refractivity contribution in [1.82, 2.24) is 20.6 Å². The molecular weight excluding hydrogens is 422 g/mol. The van der Waals surface area contributed by atoms with Crippen LogP contribution in [-0.2, 0) is 6.54 Å². The molecule has 4 rings (SSSR count). The summed E-state index contributed by atoms with van der Waals surface area (Å²) in [6.07, 6.45) is 1.63. The fourth-order valence-electron chi connectivity index (χ4n) is 3.24. The van der Waals surface area contributed by atoms with Crippen LogP contribution in [-0.4, -0.2) is 26.5 Å². The molecule has 0 aliphatic rings. The fourth-order valence-corrected chi connectivity index (χ4v) is 3.24. The lowest BCUT2D eigenvalue weighted by Gasteiger charge is -2.07. The number of carbonyl (C=O) groups excluding carboxylic acids is 2. The van der Waals surface area contributed by atoms with Crippen LogP contribution in [0.1, 0.15) is 26.3 Å². The number of benzene rings is 3. The van der Waals surface area contributed by atoms with Crippen molar-refractivity contribution in [3.63, 3.8) is 0 Å². The van der Waals surface area contributed by atoms with E-state index in [1.807, 2.05) is 60.7 Å². The third-order valence-corrected chi connectivity index (χ3v) is 4.87. The number of aromatic nitrogens is 2. The van der Waals surface area contributed by atoms with Crippen LogP contribution in [0.2, 0.25) is 0 Å². The van der Waals surface area contributed by atoms with Crippen LogP contribution >= 0.6 is 0 Å². The lowest BCUT2D eigenvalue weighted by molar-refractivity contribution is -0.384. The number of nitrogens with zero attached hydrogens (tertiary/aromatic N) is 3. The standard InChI is InChI=1S/C24H19N5O4/c30-23(19-11-13-20(14-12-19)29(32)33)25-26-24(31)21-16-28(15-17-7-3-1-4-8-17)27-22(21)18-9-5-2-6-10-18/h1-14,16H,15H2,(H,25,30)(H,26,31).